The summed E-state index contributed by atoms with van der Waals surface area (Å²) < 4.78 is 41.0. The van der Waals surface area contributed by atoms with E-state index >= 15 is 0 Å². The zero-order chi connectivity index (χ0) is 23.1. The number of halogens is 2. The molecule has 1 amide bonds. The number of benzene rings is 2. The van der Waals surface area contributed by atoms with E-state index in [0.29, 0.717) is 17.0 Å². The number of aromatic nitrogens is 3. The molecule has 0 aliphatic heterocycles. The number of H-pyrrole nitrogens is 1. The maximum absolute atomic E-state index is 13.5. The van der Waals surface area contributed by atoms with Crippen molar-refractivity contribution in [1.82, 2.24) is 15.0 Å². The van der Waals surface area contributed by atoms with Gasteiger partial charge in [0.15, 0.2) is 22.6 Å². The zero-order valence-electron chi connectivity index (χ0n) is 17.5. The van der Waals surface area contributed by atoms with Crippen LogP contribution in [0.25, 0.3) is 22.3 Å². The van der Waals surface area contributed by atoms with E-state index < -0.39 is 22.6 Å². The number of carbonyl (C=O) groups excluding carboxylic acids is 1. The molecule has 1 aliphatic carbocycles. The Morgan fingerprint density at radius 2 is 1.85 bits per heavy atom. The van der Waals surface area contributed by atoms with Gasteiger partial charge in [-0.3, -0.25) is 14.4 Å². The molecule has 1 fully saturated rings. The van der Waals surface area contributed by atoms with E-state index in [1.165, 1.54) is 10.4 Å². The number of nitrogens with one attached hydrogen (secondary N) is 2. The average molecular weight is 468 g/mol. The molecule has 2 aromatic heterocycles. The van der Waals surface area contributed by atoms with Crippen LogP contribution in [0.15, 0.2) is 59.6 Å². The Labute approximate surface area is 190 Å². The van der Waals surface area contributed by atoms with Gasteiger partial charge in [-0.05, 0) is 49.2 Å². The minimum Gasteiger partial charge on any atom is -0.346 e. The Morgan fingerprint density at radius 1 is 1.09 bits per heavy atom. The van der Waals surface area contributed by atoms with Gasteiger partial charge in [-0.25, -0.2) is 18.0 Å². The first-order valence-corrected chi connectivity index (χ1v) is 11.4. The van der Waals surface area contributed by atoms with Crippen LogP contribution >= 0.6 is 0 Å². The molecule has 0 bridgehead atoms. The summed E-state index contributed by atoms with van der Waals surface area (Å²) in [6, 6.07) is 12.2. The molecule has 4 aromatic rings. The summed E-state index contributed by atoms with van der Waals surface area (Å²) in [5.41, 5.74) is 2.64. The summed E-state index contributed by atoms with van der Waals surface area (Å²) in [5.74, 6) is -1.85. The van der Waals surface area contributed by atoms with Gasteiger partial charge in [0.1, 0.15) is 5.65 Å². The van der Waals surface area contributed by atoms with Crippen molar-refractivity contribution >= 4 is 39.6 Å². The SMILES string of the molecule is CN(c1ccc(-c2nc(NC(=O)C3CC3)nc3[nH]ccc23)cc1)S(=O)c1ccc(F)c(F)c1. The maximum atomic E-state index is 13.5. The Bertz CT molecular complexity index is 1390. The fourth-order valence-electron chi connectivity index (χ4n) is 3.44. The molecule has 7 nitrogen and oxygen atoms in total. The molecular weight excluding hydrogens is 448 g/mol. The first-order valence-electron chi connectivity index (χ1n) is 10.3. The highest BCUT2D eigenvalue weighted by atomic mass is 32.2. The van der Waals surface area contributed by atoms with Crippen molar-refractivity contribution in [2.45, 2.75) is 17.7 Å². The van der Waals surface area contributed by atoms with Crippen LogP contribution in [0.4, 0.5) is 20.4 Å². The van der Waals surface area contributed by atoms with Crippen molar-refractivity contribution in [3.05, 3.63) is 66.4 Å². The van der Waals surface area contributed by atoms with Crippen LogP contribution in [0.3, 0.4) is 0 Å². The van der Waals surface area contributed by atoms with Crippen LogP contribution in [0.5, 0.6) is 0 Å². The van der Waals surface area contributed by atoms with Gasteiger partial charge in [-0.2, -0.15) is 4.98 Å². The molecule has 10 heteroatoms. The minimum atomic E-state index is -1.73. The van der Waals surface area contributed by atoms with E-state index in [9.17, 15) is 17.8 Å². The standard InChI is InChI=1S/C23H19F2N5O2S/c1-30(33(32)16-8-9-18(24)19(25)12-16)15-6-4-13(5-7-15)20-17-10-11-26-21(17)28-23(27-20)29-22(31)14-2-3-14/h4-12,14H,2-3H2,1H3,(H2,26,27,28,29,31). The van der Waals surface area contributed by atoms with Crippen molar-refractivity contribution in [3.8, 4) is 11.3 Å². The number of hydrogen-bond donors (Lipinski definition) is 2. The number of anilines is 2. The summed E-state index contributed by atoms with van der Waals surface area (Å²) in [6.07, 6.45) is 3.51. The monoisotopic (exact) mass is 467 g/mol. The third-order valence-electron chi connectivity index (χ3n) is 5.44. The van der Waals surface area contributed by atoms with E-state index in [4.69, 9.17) is 0 Å². The summed E-state index contributed by atoms with van der Waals surface area (Å²) in [5, 5.41) is 3.58. The lowest BCUT2D eigenvalue weighted by Gasteiger charge is -2.18. The molecule has 33 heavy (non-hydrogen) atoms. The lowest BCUT2D eigenvalue weighted by atomic mass is 10.1. The lowest BCUT2D eigenvalue weighted by Crippen LogP contribution is -2.20. The summed E-state index contributed by atoms with van der Waals surface area (Å²) in [6.45, 7) is 0. The van der Waals surface area contributed by atoms with Gasteiger partial charge in [-0.15, -0.1) is 0 Å². The fraction of sp³-hybridized carbons (Fsp3) is 0.174. The second kappa shape index (κ2) is 8.36. The zero-order valence-corrected chi connectivity index (χ0v) is 18.3. The largest absolute Gasteiger partial charge is 0.346 e. The second-order valence-electron chi connectivity index (χ2n) is 7.77. The Balaban J connectivity index is 1.43. The maximum Gasteiger partial charge on any atom is 0.232 e. The molecule has 0 saturated heterocycles. The summed E-state index contributed by atoms with van der Waals surface area (Å²) >= 11 is 0. The predicted octanol–water partition coefficient (Wildman–Crippen LogP) is 4.41. The van der Waals surface area contributed by atoms with Crippen LogP contribution in [0.1, 0.15) is 12.8 Å². The molecule has 1 unspecified atom stereocenters. The number of fused-ring (bicyclic) bond motifs is 1. The van der Waals surface area contributed by atoms with Gasteiger partial charge >= 0.3 is 0 Å². The van der Waals surface area contributed by atoms with Gasteiger partial charge in [0.05, 0.1) is 10.6 Å². The number of rotatable bonds is 6. The molecule has 1 atom stereocenters. The van der Waals surface area contributed by atoms with E-state index in [1.807, 2.05) is 18.2 Å². The smallest absolute Gasteiger partial charge is 0.232 e. The van der Waals surface area contributed by atoms with Crippen LogP contribution in [0, 0.1) is 17.6 Å². The molecule has 0 spiro atoms. The van der Waals surface area contributed by atoms with Gasteiger partial charge in [-0.1, -0.05) is 12.1 Å². The normalized spacial score (nSPS) is 14.3. The molecule has 5 rings (SSSR count). The van der Waals surface area contributed by atoms with Crippen LogP contribution in [-0.4, -0.2) is 32.1 Å². The molecular formula is C23H19F2N5O2S. The van der Waals surface area contributed by atoms with Crippen LogP contribution in [-0.2, 0) is 15.8 Å². The van der Waals surface area contributed by atoms with Gasteiger partial charge in [0, 0.05) is 35.8 Å². The van der Waals surface area contributed by atoms with Crippen LogP contribution < -0.4 is 9.62 Å². The summed E-state index contributed by atoms with van der Waals surface area (Å²) in [7, 11) is -0.121. The van der Waals surface area contributed by atoms with Crippen molar-refractivity contribution in [2.75, 3.05) is 16.7 Å². The molecule has 2 heterocycles. The number of nitrogens with zero attached hydrogens (tertiary/aromatic N) is 3. The lowest BCUT2D eigenvalue weighted by molar-refractivity contribution is -0.117. The quantitative estimate of drug-likeness (QED) is 0.440. The molecule has 2 aromatic carbocycles. The molecule has 168 valence electrons. The van der Waals surface area contributed by atoms with Gasteiger partial charge < -0.3 is 4.98 Å². The van der Waals surface area contributed by atoms with Crippen molar-refractivity contribution in [3.63, 3.8) is 0 Å². The highest BCUT2D eigenvalue weighted by Crippen LogP contribution is 2.32. The van der Waals surface area contributed by atoms with E-state index in [1.54, 1.807) is 25.4 Å². The molecule has 1 saturated carbocycles. The van der Waals surface area contributed by atoms with E-state index in [0.717, 1.165) is 35.9 Å². The first-order chi connectivity index (χ1) is 15.9. The fourth-order valence-corrected chi connectivity index (χ4v) is 4.46. The van der Waals surface area contributed by atoms with Gasteiger partial charge in [0.25, 0.3) is 0 Å². The third kappa shape index (κ3) is 4.21. The number of aromatic amines is 1. The highest BCUT2D eigenvalue weighted by molar-refractivity contribution is 7.86. The molecule has 1 aliphatic rings. The Morgan fingerprint density at radius 3 is 2.55 bits per heavy atom. The highest BCUT2D eigenvalue weighted by Gasteiger charge is 2.30. The van der Waals surface area contributed by atoms with Crippen molar-refractivity contribution < 1.29 is 17.8 Å². The van der Waals surface area contributed by atoms with Crippen molar-refractivity contribution in [2.24, 2.45) is 5.92 Å². The second-order valence-corrected chi connectivity index (χ2v) is 9.29. The van der Waals surface area contributed by atoms with Gasteiger partial charge in [0.2, 0.25) is 11.9 Å². The number of carbonyl (C=O) groups is 1. The third-order valence-corrected chi connectivity index (χ3v) is 6.81. The molecule has 0 radical (unpaired) electrons. The predicted molar refractivity (Wildman–Crippen MR) is 122 cm³/mol. The van der Waals surface area contributed by atoms with Crippen LogP contribution in [0.2, 0.25) is 0 Å². The Hall–Kier alpha value is -3.66. The van der Waals surface area contributed by atoms with E-state index in [2.05, 4.69) is 20.3 Å². The minimum absolute atomic E-state index is 0.0293. The Kier molecular flexibility index (Phi) is 5.37. The summed E-state index contributed by atoms with van der Waals surface area (Å²) in [4.78, 5) is 24.3. The number of amides is 1. The molecule has 2 N–H and O–H groups in total. The average Bonchev–Trinajstić information content (AvgIpc) is 3.57. The van der Waals surface area contributed by atoms with E-state index in [-0.39, 0.29) is 22.7 Å². The topological polar surface area (TPSA) is 91.0 Å². The first kappa shape index (κ1) is 21.2. The van der Waals surface area contributed by atoms with Crippen molar-refractivity contribution in [1.29, 1.82) is 0 Å². The number of hydrogen-bond acceptors (Lipinski definition) is 4.